The van der Waals surface area contributed by atoms with Gasteiger partial charge in [0.2, 0.25) is 0 Å². The molecule has 1 N–H and O–H groups in total. The molecule has 0 atom stereocenters. The zero-order valence-electron chi connectivity index (χ0n) is 12.6. The van der Waals surface area contributed by atoms with Crippen LogP contribution in [0.1, 0.15) is 13.8 Å². The maximum atomic E-state index is 4.79. The fourth-order valence-corrected chi connectivity index (χ4v) is 4.07. The molecule has 110 valence electrons. The molecule has 0 aliphatic carbocycles. The van der Waals surface area contributed by atoms with Gasteiger partial charge in [-0.15, -0.1) is 0 Å². The second-order valence-electron chi connectivity index (χ2n) is 5.10. The SMILES string of the molecule is CC(C)=NNc1nc(-c2ccccc2)c(-c2ccccc2)[se]1. The van der Waals surface area contributed by atoms with Gasteiger partial charge in [-0.2, -0.15) is 0 Å². The van der Waals surface area contributed by atoms with E-state index in [0.717, 1.165) is 21.7 Å². The maximum absolute atomic E-state index is 4.79. The van der Waals surface area contributed by atoms with Gasteiger partial charge in [-0.1, -0.05) is 0 Å². The van der Waals surface area contributed by atoms with E-state index >= 15 is 0 Å². The molecule has 4 heteroatoms. The first-order valence-electron chi connectivity index (χ1n) is 7.12. The van der Waals surface area contributed by atoms with Crippen LogP contribution in [0, 0.1) is 0 Å². The van der Waals surface area contributed by atoms with Crippen LogP contribution in [0.25, 0.3) is 21.3 Å². The van der Waals surface area contributed by atoms with Crippen LogP contribution in [0.15, 0.2) is 65.8 Å². The molecule has 0 fully saturated rings. The topological polar surface area (TPSA) is 37.3 Å². The Kier molecular flexibility index (Phi) is 4.52. The third-order valence-electron chi connectivity index (χ3n) is 3.09. The molecular weight excluding hydrogens is 337 g/mol. The normalized spacial score (nSPS) is 10.3. The molecule has 3 rings (SSSR count). The summed E-state index contributed by atoms with van der Waals surface area (Å²) in [5.41, 5.74) is 7.54. The Morgan fingerprint density at radius 1 is 0.909 bits per heavy atom. The van der Waals surface area contributed by atoms with Gasteiger partial charge in [0, 0.05) is 0 Å². The van der Waals surface area contributed by atoms with Gasteiger partial charge in [0.15, 0.2) is 0 Å². The predicted molar refractivity (Wildman–Crippen MR) is 94.5 cm³/mol. The quantitative estimate of drug-likeness (QED) is 0.431. The van der Waals surface area contributed by atoms with E-state index in [1.54, 1.807) is 0 Å². The molecule has 3 nitrogen and oxygen atoms in total. The Hall–Kier alpha value is -2.16. The zero-order valence-corrected chi connectivity index (χ0v) is 14.3. The van der Waals surface area contributed by atoms with Crippen molar-refractivity contribution in [1.29, 1.82) is 0 Å². The van der Waals surface area contributed by atoms with Gasteiger partial charge < -0.3 is 0 Å². The molecule has 0 radical (unpaired) electrons. The van der Waals surface area contributed by atoms with Gasteiger partial charge in [-0.3, -0.25) is 0 Å². The standard InChI is InChI=1S/C18H17N3Se/c1-13(2)20-21-18-19-16(14-9-5-3-6-10-14)17(22-18)15-11-7-4-8-12-15/h3-12H,1-2H3,(H,19,21). The molecule has 3 aromatic rings. The number of hydrogen-bond acceptors (Lipinski definition) is 3. The van der Waals surface area contributed by atoms with Gasteiger partial charge in [-0.05, 0) is 0 Å². The van der Waals surface area contributed by atoms with Crippen molar-refractivity contribution in [3.63, 3.8) is 0 Å². The first-order valence-corrected chi connectivity index (χ1v) is 8.84. The molecule has 0 saturated heterocycles. The van der Waals surface area contributed by atoms with E-state index in [9.17, 15) is 0 Å². The molecular formula is C18H17N3Se. The number of anilines is 1. The van der Waals surface area contributed by atoms with Gasteiger partial charge >= 0.3 is 136 Å². The first kappa shape index (κ1) is 14.8. The van der Waals surface area contributed by atoms with Crippen LogP contribution in [0.4, 0.5) is 4.69 Å². The summed E-state index contributed by atoms with van der Waals surface area (Å²) in [7, 11) is 0. The van der Waals surface area contributed by atoms with Crippen molar-refractivity contribution in [1.82, 2.24) is 4.98 Å². The average Bonchev–Trinajstić information content (AvgIpc) is 2.99. The minimum absolute atomic E-state index is 0.130. The van der Waals surface area contributed by atoms with Crippen molar-refractivity contribution in [2.24, 2.45) is 5.10 Å². The summed E-state index contributed by atoms with van der Waals surface area (Å²) in [5, 5.41) is 4.29. The number of hydrogen-bond donors (Lipinski definition) is 1. The first-order chi connectivity index (χ1) is 10.7. The van der Waals surface area contributed by atoms with E-state index in [4.69, 9.17) is 4.98 Å². The summed E-state index contributed by atoms with van der Waals surface area (Å²) < 4.78 is 2.25. The number of nitrogens with one attached hydrogen (secondary N) is 1. The fraction of sp³-hybridized carbons (Fsp3) is 0.111. The van der Waals surface area contributed by atoms with Crippen LogP contribution < -0.4 is 5.43 Å². The average molecular weight is 354 g/mol. The van der Waals surface area contributed by atoms with Crippen LogP contribution in [0.2, 0.25) is 0 Å². The molecule has 0 unspecified atom stereocenters. The van der Waals surface area contributed by atoms with Crippen LogP contribution in [0.5, 0.6) is 0 Å². The van der Waals surface area contributed by atoms with E-state index < -0.39 is 0 Å². The Morgan fingerprint density at radius 3 is 2.09 bits per heavy atom. The molecule has 1 aromatic heterocycles. The number of benzene rings is 2. The number of rotatable bonds is 4. The molecule has 0 aliphatic heterocycles. The van der Waals surface area contributed by atoms with Crippen molar-refractivity contribution in [3.05, 3.63) is 60.7 Å². The van der Waals surface area contributed by atoms with Crippen LogP contribution in [-0.2, 0) is 0 Å². The van der Waals surface area contributed by atoms with Crippen LogP contribution in [0.3, 0.4) is 0 Å². The molecule has 0 aliphatic rings. The zero-order chi connectivity index (χ0) is 15.4. The molecule has 0 spiro atoms. The second-order valence-corrected chi connectivity index (χ2v) is 7.20. The molecule has 1 heterocycles. The van der Waals surface area contributed by atoms with Gasteiger partial charge in [0.25, 0.3) is 0 Å². The summed E-state index contributed by atoms with van der Waals surface area (Å²) >= 11 is 0.130. The molecule has 0 saturated carbocycles. The fourth-order valence-electron chi connectivity index (χ4n) is 2.10. The molecule has 22 heavy (non-hydrogen) atoms. The third-order valence-corrected chi connectivity index (χ3v) is 5.20. The van der Waals surface area contributed by atoms with E-state index in [2.05, 4.69) is 46.9 Å². The number of aromatic nitrogens is 1. The number of nitrogens with zero attached hydrogens (tertiary/aromatic N) is 2. The van der Waals surface area contributed by atoms with E-state index in [1.807, 2.05) is 38.1 Å². The van der Waals surface area contributed by atoms with Crippen molar-refractivity contribution >= 4 is 24.9 Å². The molecule has 0 bridgehead atoms. The summed E-state index contributed by atoms with van der Waals surface area (Å²) in [4.78, 5) is 4.79. The minimum atomic E-state index is 0.130. The number of hydrazone groups is 1. The Balaban J connectivity index is 2.08. The van der Waals surface area contributed by atoms with E-state index in [1.165, 1.54) is 10.0 Å². The van der Waals surface area contributed by atoms with E-state index in [-0.39, 0.29) is 14.5 Å². The van der Waals surface area contributed by atoms with Gasteiger partial charge in [-0.25, -0.2) is 0 Å². The molecule has 2 aromatic carbocycles. The van der Waals surface area contributed by atoms with Crippen molar-refractivity contribution in [2.75, 3.05) is 5.43 Å². The van der Waals surface area contributed by atoms with Gasteiger partial charge in [0.1, 0.15) is 0 Å². The molecule has 0 amide bonds. The predicted octanol–water partition coefficient (Wildman–Crippen LogP) is 4.28. The second kappa shape index (κ2) is 6.73. The monoisotopic (exact) mass is 355 g/mol. The van der Waals surface area contributed by atoms with Crippen molar-refractivity contribution in [2.45, 2.75) is 13.8 Å². The summed E-state index contributed by atoms with van der Waals surface area (Å²) in [5.74, 6) is 0. The third kappa shape index (κ3) is 3.35. The van der Waals surface area contributed by atoms with Crippen molar-refractivity contribution in [3.8, 4) is 21.3 Å². The van der Waals surface area contributed by atoms with Gasteiger partial charge in [0.05, 0.1) is 0 Å². The van der Waals surface area contributed by atoms with Crippen molar-refractivity contribution < 1.29 is 0 Å². The van der Waals surface area contributed by atoms with Crippen LogP contribution >= 0.6 is 0 Å². The Labute approximate surface area is 136 Å². The van der Waals surface area contributed by atoms with Crippen LogP contribution in [-0.4, -0.2) is 25.2 Å². The van der Waals surface area contributed by atoms with E-state index in [0.29, 0.717) is 0 Å². The summed E-state index contributed by atoms with van der Waals surface area (Å²) in [6.45, 7) is 3.94. The Morgan fingerprint density at radius 2 is 1.50 bits per heavy atom. The summed E-state index contributed by atoms with van der Waals surface area (Å²) in [6.07, 6.45) is 0. The summed E-state index contributed by atoms with van der Waals surface area (Å²) in [6, 6.07) is 20.8. The Bertz CT molecular complexity index is 716.